The highest BCUT2D eigenvalue weighted by Crippen LogP contribution is 2.31. The monoisotopic (exact) mass is 462 g/mol. The number of carbonyl (C=O) groups is 2. The van der Waals surface area contributed by atoms with Crippen LogP contribution in [0.4, 0.5) is 0 Å². The number of ether oxygens (including phenoxy) is 1. The molecule has 1 atom stereocenters. The molecule has 8 nitrogen and oxygen atoms in total. The molecule has 8 heteroatoms. The van der Waals surface area contributed by atoms with Gasteiger partial charge in [-0.1, -0.05) is 35.5 Å². The number of piperidine rings is 1. The van der Waals surface area contributed by atoms with Gasteiger partial charge in [0, 0.05) is 30.8 Å². The number of likely N-dealkylation sites (tertiary alicyclic amines) is 1. The SMILES string of the molecule is CCN(CC)C(=O)c1ccc(-c2noc([C@H]3CCCCN3C(=O)COc3ccccc3)n2)cc1. The van der Waals surface area contributed by atoms with Crippen LogP contribution < -0.4 is 4.74 Å². The van der Waals surface area contributed by atoms with Crippen LogP contribution in [0.3, 0.4) is 0 Å². The second-order valence-corrected chi connectivity index (χ2v) is 8.21. The van der Waals surface area contributed by atoms with Crippen molar-refractivity contribution < 1.29 is 18.8 Å². The molecule has 0 spiro atoms. The van der Waals surface area contributed by atoms with Gasteiger partial charge in [0.2, 0.25) is 11.7 Å². The van der Waals surface area contributed by atoms with Crippen molar-refractivity contribution in [3.63, 3.8) is 0 Å². The molecular weight excluding hydrogens is 432 g/mol. The van der Waals surface area contributed by atoms with Crippen LogP contribution in [0.2, 0.25) is 0 Å². The van der Waals surface area contributed by atoms with Crippen LogP contribution in [0.15, 0.2) is 59.1 Å². The minimum absolute atomic E-state index is 0.000525. The molecule has 2 heterocycles. The van der Waals surface area contributed by atoms with E-state index in [-0.39, 0.29) is 24.5 Å². The van der Waals surface area contributed by atoms with Gasteiger partial charge in [-0.05, 0) is 57.4 Å². The zero-order valence-electron chi connectivity index (χ0n) is 19.6. The van der Waals surface area contributed by atoms with Crippen molar-refractivity contribution in [2.75, 3.05) is 26.2 Å². The van der Waals surface area contributed by atoms with Crippen molar-refractivity contribution in [1.82, 2.24) is 19.9 Å². The van der Waals surface area contributed by atoms with Gasteiger partial charge >= 0.3 is 0 Å². The standard InChI is InChI=1S/C26H30N4O4/c1-3-29(4-2)26(32)20-15-13-19(14-16-20)24-27-25(34-28-24)22-12-8-9-17-30(22)23(31)18-33-21-10-6-5-7-11-21/h5-7,10-11,13-16,22H,3-4,8-9,12,17-18H2,1-2H3/t22-/m1/s1. The summed E-state index contributed by atoms with van der Waals surface area (Å²) in [4.78, 5) is 33.6. The molecule has 178 valence electrons. The van der Waals surface area contributed by atoms with Gasteiger partial charge in [0.15, 0.2) is 6.61 Å². The quantitative estimate of drug-likeness (QED) is 0.494. The Morgan fingerprint density at radius 1 is 1.06 bits per heavy atom. The summed E-state index contributed by atoms with van der Waals surface area (Å²) in [5.74, 6) is 1.42. The molecule has 0 bridgehead atoms. The van der Waals surface area contributed by atoms with Crippen LogP contribution >= 0.6 is 0 Å². The number of nitrogens with zero attached hydrogens (tertiary/aromatic N) is 4. The van der Waals surface area contributed by atoms with Gasteiger partial charge < -0.3 is 19.1 Å². The molecule has 0 N–H and O–H groups in total. The highest BCUT2D eigenvalue weighted by Gasteiger charge is 2.32. The van der Waals surface area contributed by atoms with E-state index < -0.39 is 0 Å². The van der Waals surface area contributed by atoms with Gasteiger partial charge in [-0.3, -0.25) is 9.59 Å². The van der Waals surface area contributed by atoms with Crippen molar-refractivity contribution in [2.24, 2.45) is 0 Å². The van der Waals surface area contributed by atoms with Gasteiger partial charge in [-0.15, -0.1) is 0 Å². The fraction of sp³-hybridized carbons (Fsp3) is 0.385. The number of hydrogen-bond donors (Lipinski definition) is 0. The smallest absolute Gasteiger partial charge is 0.261 e. The summed E-state index contributed by atoms with van der Waals surface area (Å²) in [6.07, 6.45) is 2.67. The fourth-order valence-corrected chi connectivity index (χ4v) is 4.17. The number of hydrogen-bond acceptors (Lipinski definition) is 6. The van der Waals surface area contributed by atoms with Crippen molar-refractivity contribution >= 4 is 11.8 Å². The lowest BCUT2D eigenvalue weighted by molar-refractivity contribution is -0.138. The Labute approximate surface area is 199 Å². The molecular formula is C26H30N4O4. The molecule has 0 unspecified atom stereocenters. The summed E-state index contributed by atoms with van der Waals surface area (Å²) < 4.78 is 11.2. The maximum Gasteiger partial charge on any atom is 0.261 e. The van der Waals surface area contributed by atoms with Crippen molar-refractivity contribution in [1.29, 1.82) is 0 Å². The number of rotatable bonds is 8. The Hall–Kier alpha value is -3.68. The maximum atomic E-state index is 12.9. The lowest BCUT2D eigenvalue weighted by Gasteiger charge is -2.33. The van der Waals surface area contributed by atoms with Crippen LogP contribution in [0.5, 0.6) is 5.75 Å². The van der Waals surface area contributed by atoms with E-state index in [1.807, 2.05) is 56.3 Å². The summed E-state index contributed by atoms with van der Waals surface area (Å²) in [7, 11) is 0. The third-order valence-electron chi connectivity index (χ3n) is 6.10. The first-order valence-corrected chi connectivity index (χ1v) is 11.8. The predicted molar refractivity (Wildman–Crippen MR) is 127 cm³/mol. The Morgan fingerprint density at radius 3 is 2.50 bits per heavy atom. The van der Waals surface area contributed by atoms with E-state index in [0.29, 0.717) is 42.7 Å². The fourth-order valence-electron chi connectivity index (χ4n) is 4.17. The molecule has 2 amide bonds. The second kappa shape index (κ2) is 11.0. The maximum absolute atomic E-state index is 12.9. The van der Waals surface area contributed by atoms with Crippen molar-refractivity contribution in [3.05, 3.63) is 66.1 Å². The highest BCUT2D eigenvalue weighted by atomic mass is 16.5. The molecule has 4 rings (SSSR count). The van der Waals surface area contributed by atoms with Crippen molar-refractivity contribution in [2.45, 2.75) is 39.2 Å². The van der Waals surface area contributed by atoms with Crippen LogP contribution in [-0.2, 0) is 4.79 Å². The number of aromatic nitrogens is 2. The van der Waals surface area contributed by atoms with E-state index in [0.717, 1.165) is 24.8 Å². The first kappa shape index (κ1) is 23.5. The normalized spacial score (nSPS) is 15.7. The Bertz CT molecular complexity index is 1090. The van der Waals surface area contributed by atoms with E-state index in [9.17, 15) is 9.59 Å². The lowest BCUT2D eigenvalue weighted by Crippen LogP contribution is -2.41. The topological polar surface area (TPSA) is 88.8 Å². The Kier molecular flexibility index (Phi) is 7.57. The summed E-state index contributed by atoms with van der Waals surface area (Å²) in [6, 6.07) is 16.2. The minimum Gasteiger partial charge on any atom is -0.484 e. The van der Waals surface area contributed by atoms with Gasteiger partial charge in [-0.2, -0.15) is 4.98 Å². The van der Waals surface area contributed by atoms with E-state index in [2.05, 4.69) is 10.1 Å². The number of benzene rings is 2. The zero-order valence-corrected chi connectivity index (χ0v) is 19.6. The molecule has 34 heavy (non-hydrogen) atoms. The highest BCUT2D eigenvalue weighted by molar-refractivity contribution is 5.94. The van der Waals surface area contributed by atoms with E-state index in [4.69, 9.17) is 9.26 Å². The summed E-state index contributed by atoms with van der Waals surface area (Å²) in [6.45, 7) is 5.84. The summed E-state index contributed by atoms with van der Waals surface area (Å²) in [5, 5.41) is 4.14. The third kappa shape index (κ3) is 5.27. The first-order valence-electron chi connectivity index (χ1n) is 11.8. The van der Waals surface area contributed by atoms with Crippen molar-refractivity contribution in [3.8, 4) is 17.1 Å². The predicted octanol–water partition coefficient (Wildman–Crippen LogP) is 4.35. The average Bonchev–Trinajstić information content (AvgIpc) is 3.39. The first-order chi connectivity index (χ1) is 16.6. The molecule has 3 aromatic rings. The summed E-state index contributed by atoms with van der Waals surface area (Å²) in [5.41, 5.74) is 1.38. The summed E-state index contributed by atoms with van der Waals surface area (Å²) >= 11 is 0. The molecule has 1 aliphatic heterocycles. The Balaban J connectivity index is 1.45. The third-order valence-corrected chi connectivity index (χ3v) is 6.10. The van der Waals surface area contributed by atoms with Gasteiger partial charge in [0.05, 0.1) is 0 Å². The van der Waals surface area contributed by atoms with Crippen LogP contribution in [0.25, 0.3) is 11.4 Å². The molecule has 0 aliphatic carbocycles. The number of para-hydroxylation sites is 1. The number of amides is 2. The van der Waals surface area contributed by atoms with E-state index >= 15 is 0 Å². The molecule has 0 radical (unpaired) electrons. The molecule has 2 aromatic carbocycles. The van der Waals surface area contributed by atoms with Crippen LogP contribution in [-0.4, -0.2) is 58.0 Å². The average molecular weight is 463 g/mol. The number of carbonyl (C=O) groups excluding carboxylic acids is 2. The zero-order chi connectivity index (χ0) is 23.9. The van der Waals surface area contributed by atoms with Gasteiger partial charge in [0.1, 0.15) is 11.8 Å². The van der Waals surface area contributed by atoms with E-state index in [1.54, 1.807) is 21.9 Å². The lowest BCUT2D eigenvalue weighted by atomic mass is 10.0. The van der Waals surface area contributed by atoms with Gasteiger partial charge in [-0.25, -0.2) is 0 Å². The van der Waals surface area contributed by atoms with Gasteiger partial charge in [0.25, 0.3) is 11.8 Å². The molecule has 1 fully saturated rings. The molecule has 1 saturated heterocycles. The molecule has 1 aliphatic rings. The Morgan fingerprint density at radius 2 is 1.79 bits per heavy atom. The van der Waals surface area contributed by atoms with Crippen LogP contribution in [0, 0.1) is 0 Å². The molecule has 1 aromatic heterocycles. The second-order valence-electron chi connectivity index (χ2n) is 8.21. The largest absolute Gasteiger partial charge is 0.484 e. The van der Waals surface area contributed by atoms with E-state index in [1.165, 1.54) is 0 Å². The minimum atomic E-state index is -0.273. The molecule has 0 saturated carbocycles. The van der Waals surface area contributed by atoms with Crippen LogP contribution in [0.1, 0.15) is 55.4 Å².